The van der Waals surface area contributed by atoms with E-state index < -0.39 is 5.91 Å². The molecule has 0 unspecified atom stereocenters. The van der Waals surface area contributed by atoms with E-state index >= 15 is 0 Å². The van der Waals surface area contributed by atoms with E-state index in [0.29, 0.717) is 46.0 Å². The summed E-state index contributed by atoms with van der Waals surface area (Å²) in [6, 6.07) is 21.7. The minimum absolute atomic E-state index is 0.110. The van der Waals surface area contributed by atoms with Crippen molar-refractivity contribution in [2.75, 3.05) is 11.9 Å². The molecule has 0 bridgehead atoms. The molecule has 1 N–H and O–H groups in total. The van der Waals surface area contributed by atoms with Crippen molar-refractivity contribution < 1.29 is 14.3 Å². The van der Waals surface area contributed by atoms with Crippen LogP contribution in [-0.2, 0) is 11.4 Å². The SMILES string of the molecule is CCOc1cc(/C=C(\C#N)C(=O)Nc2ccccc2Cl)cc(Cl)c1OCc1ccccc1. The predicted molar refractivity (Wildman–Crippen MR) is 127 cm³/mol. The molecule has 1 amide bonds. The molecule has 0 heterocycles. The van der Waals surface area contributed by atoms with Crippen molar-refractivity contribution >= 4 is 40.9 Å². The van der Waals surface area contributed by atoms with E-state index in [0.717, 1.165) is 5.56 Å². The summed E-state index contributed by atoms with van der Waals surface area (Å²) in [5.41, 5.74) is 1.81. The van der Waals surface area contributed by atoms with Crippen LogP contribution < -0.4 is 14.8 Å². The molecule has 3 aromatic rings. The first kappa shape index (κ1) is 23.2. The molecule has 5 nitrogen and oxygen atoms in total. The monoisotopic (exact) mass is 466 g/mol. The van der Waals surface area contributed by atoms with Gasteiger partial charge in [-0.3, -0.25) is 4.79 Å². The van der Waals surface area contributed by atoms with Crippen LogP contribution in [0.25, 0.3) is 6.08 Å². The molecular formula is C25H20Cl2N2O3. The first-order chi connectivity index (χ1) is 15.5. The third-order valence-electron chi connectivity index (χ3n) is 4.36. The maximum Gasteiger partial charge on any atom is 0.266 e. The van der Waals surface area contributed by atoms with Crippen molar-refractivity contribution in [2.45, 2.75) is 13.5 Å². The lowest BCUT2D eigenvalue weighted by molar-refractivity contribution is -0.112. The summed E-state index contributed by atoms with van der Waals surface area (Å²) < 4.78 is 11.6. The highest BCUT2D eigenvalue weighted by Crippen LogP contribution is 2.38. The zero-order valence-electron chi connectivity index (χ0n) is 17.3. The smallest absolute Gasteiger partial charge is 0.266 e. The number of benzene rings is 3. The Labute approximate surface area is 196 Å². The molecule has 0 aliphatic heterocycles. The quantitative estimate of drug-likeness (QED) is 0.303. The fourth-order valence-electron chi connectivity index (χ4n) is 2.87. The van der Waals surface area contributed by atoms with Crippen LogP contribution in [0, 0.1) is 11.3 Å². The van der Waals surface area contributed by atoms with Crippen LogP contribution in [0.2, 0.25) is 10.0 Å². The molecular weight excluding hydrogens is 447 g/mol. The van der Waals surface area contributed by atoms with Gasteiger partial charge in [0.25, 0.3) is 5.91 Å². The normalized spacial score (nSPS) is 10.9. The van der Waals surface area contributed by atoms with Crippen LogP contribution in [0.4, 0.5) is 5.69 Å². The molecule has 0 saturated heterocycles. The van der Waals surface area contributed by atoms with E-state index in [2.05, 4.69) is 5.32 Å². The first-order valence-corrected chi connectivity index (χ1v) is 10.6. The molecule has 0 aromatic heterocycles. The van der Waals surface area contributed by atoms with Crippen molar-refractivity contribution in [3.05, 3.63) is 93.5 Å². The number of carbonyl (C=O) groups excluding carboxylic acids is 1. The van der Waals surface area contributed by atoms with Crippen molar-refractivity contribution in [1.29, 1.82) is 5.26 Å². The molecule has 0 atom stereocenters. The van der Waals surface area contributed by atoms with Gasteiger partial charge in [-0.2, -0.15) is 5.26 Å². The Morgan fingerprint density at radius 3 is 2.44 bits per heavy atom. The average molecular weight is 467 g/mol. The summed E-state index contributed by atoms with van der Waals surface area (Å²) in [5, 5.41) is 12.8. The number of anilines is 1. The summed E-state index contributed by atoms with van der Waals surface area (Å²) in [5.74, 6) is 0.235. The van der Waals surface area contributed by atoms with Crippen molar-refractivity contribution in [2.24, 2.45) is 0 Å². The van der Waals surface area contributed by atoms with Crippen LogP contribution in [0.15, 0.2) is 72.3 Å². The lowest BCUT2D eigenvalue weighted by Crippen LogP contribution is -2.13. The molecule has 0 aliphatic rings. The highest BCUT2D eigenvalue weighted by atomic mass is 35.5. The van der Waals surface area contributed by atoms with Gasteiger partial charge in [-0.25, -0.2) is 0 Å². The molecule has 32 heavy (non-hydrogen) atoms. The number of hydrogen-bond acceptors (Lipinski definition) is 4. The zero-order chi connectivity index (χ0) is 22.9. The van der Waals surface area contributed by atoms with Crippen LogP contribution in [0.1, 0.15) is 18.1 Å². The standard InChI is InChI=1S/C25H20Cl2N2O3/c1-2-31-23-14-18(13-21(27)24(23)32-16-17-8-4-3-5-9-17)12-19(15-28)25(30)29-22-11-7-6-10-20(22)26/h3-14H,2,16H2,1H3,(H,29,30)/b19-12+. The van der Waals surface area contributed by atoms with Gasteiger partial charge in [0.15, 0.2) is 11.5 Å². The van der Waals surface area contributed by atoms with Crippen molar-refractivity contribution in [1.82, 2.24) is 0 Å². The summed E-state index contributed by atoms with van der Waals surface area (Å²) in [4.78, 5) is 12.6. The van der Waals surface area contributed by atoms with Crippen LogP contribution in [-0.4, -0.2) is 12.5 Å². The number of ether oxygens (including phenoxy) is 2. The fourth-order valence-corrected chi connectivity index (χ4v) is 3.33. The van der Waals surface area contributed by atoms with Crippen LogP contribution >= 0.6 is 23.2 Å². The number of amides is 1. The number of hydrogen-bond donors (Lipinski definition) is 1. The number of rotatable bonds is 8. The number of nitriles is 1. The van der Waals surface area contributed by atoms with Crippen molar-refractivity contribution in [3.8, 4) is 17.6 Å². The molecule has 0 radical (unpaired) electrons. The van der Waals surface area contributed by atoms with Gasteiger partial charge in [0.2, 0.25) is 0 Å². The summed E-state index contributed by atoms with van der Waals surface area (Å²) in [6.07, 6.45) is 1.43. The number of nitrogens with one attached hydrogen (secondary N) is 1. The third kappa shape index (κ3) is 6.04. The van der Waals surface area contributed by atoms with E-state index in [1.54, 1.807) is 36.4 Å². The van der Waals surface area contributed by atoms with Gasteiger partial charge in [-0.15, -0.1) is 0 Å². The molecule has 0 saturated carbocycles. The number of para-hydroxylation sites is 1. The highest BCUT2D eigenvalue weighted by molar-refractivity contribution is 6.34. The fraction of sp³-hybridized carbons (Fsp3) is 0.120. The molecule has 0 spiro atoms. The predicted octanol–water partition coefficient (Wildman–Crippen LogP) is 6.52. The second-order valence-electron chi connectivity index (χ2n) is 6.64. The topological polar surface area (TPSA) is 71.3 Å². The Balaban J connectivity index is 1.86. The van der Waals surface area contributed by atoms with E-state index in [9.17, 15) is 10.1 Å². The van der Waals surface area contributed by atoms with Gasteiger partial charge in [-0.05, 0) is 48.4 Å². The lowest BCUT2D eigenvalue weighted by Gasteiger charge is -2.15. The summed E-state index contributed by atoms with van der Waals surface area (Å²) >= 11 is 12.5. The maximum absolute atomic E-state index is 12.6. The minimum atomic E-state index is -0.584. The van der Waals surface area contributed by atoms with Crippen LogP contribution in [0.3, 0.4) is 0 Å². The average Bonchev–Trinajstić information content (AvgIpc) is 2.79. The molecule has 0 aliphatic carbocycles. The van der Waals surface area contributed by atoms with Gasteiger partial charge in [0.1, 0.15) is 18.2 Å². The maximum atomic E-state index is 12.6. The Morgan fingerprint density at radius 1 is 1.03 bits per heavy atom. The Morgan fingerprint density at radius 2 is 1.75 bits per heavy atom. The number of nitrogens with zero attached hydrogens (tertiary/aromatic N) is 1. The molecule has 0 fully saturated rings. The summed E-state index contributed by atoms with van der Waals surface area (Å²) in [6.45, 7) is 2.55. The van der Waals surface area contributed by atoms with Gasteiger partial charge < -0.3 is 14.8 Å². The summed E-state index contributed by atoms with van der Waals surface area (Å²) in [7, 11) is 0. The van der Waals surface area contributed by atoms with Gasteiger partial charge >= 0.3 is 0 Å². The second-order valence-corrected chi connectivity index (χ2v) is 7.46. The van der Waals surface area contributed by atoms with Gasteiger partial charge in [0.05, 0.1) is 22.3 Å². The van der Waals surface area contributed by atoms with E-state index in [-0.39, 0.29) is 5.57 Å². The second kappa shape index (κ2) is 11.2. The largest absolute Gasteiger partial charge is 0.490 e. The molecule has 7 heteroatoms. The molecule has 3 aromatic carbocycles. The third-order valence-corrected chi connectivity index (χ3v) is 4.97. The van der Waals surface area contributed by atoms with Gasteiger partial charge in [-0.1, -0.05) is 65.7 Å². The van der Waals surface area contributed by atoms with E-state index in [1.807, 2.05) is 43.3 Å². The molecule has 162 valence electrons. The number of carbonyl (C=O) groups is 1. The van der Waals surface area contributed by atoms with Gasteiger partial charge in [0, 0.05) is 0 Å². The van der Waals surface area contributed by atoms with Crippen LogP contribution in [0.5, 0.6) is 11.5 Å². The highest BCUT2D eigenvalue weighted by Gasteiger charge is 2.15. The van der Waals surface area contributed by atoms with Crippen molar-refractivity contribution in [3.63, 3.8) is 0 Å². The zero-order valence-corrected chi connectivity index (χ0v) is 18.8. The Kier molecular flexibility index (Phi) is 8.15. The first-order valence-electron chi connectivity index (χ1n) is 9.82. The lowest BCUT2D eigenvalue weighted by atomic mass is 10.1. The molecule has 3 rings (SSSR count). The minimum Gasteiger partial charge on any atom is -0.490 e. The Bertz CT molecular complexity index is 1170. The Hall–Kier alpha value is -3.46. The van der Waals surface area contributed by atoms with E-state index in [4.69, 9.17) is 32.7 Å². The number of halogens is 2. The van der Waals surface area contributed by atoms with E-state index in [1.165, 1.54) is 6.08 Å².